The molecule has 0 aliphatic rings. The number of hydrogen-bond donors (Lipinski definition) is 0. The minimum absolute atomic E-state index is 1.24. The van der Waals surface area contributed by atoms with Gasteiger partial charge in [0.05, 0.1) is 33.1 Å². The maximum atomic E-state index is 2.57. The predicted molar refractivity (Wildman–Crippen MR) is 220 cm³/mol. The Morgan fingerprint density at radius 3 is 1.78 bits per heavy atom. The normalized spacial score (nSPS) is 12.7. The largest absolute Gasteiger partial charge is 0.308 e. The molecular formula is C48H26N2S. The minimum Gasteiger partial charge on any atom is -0.308 e. The van der Waals surface area contributed by atoms with E-state index < -0.39 is 0 Å². The van der Waals surface area contributed by atoms with Gasteiger partial charge in [-0.05, 0) is 64.7 Å². The van der Waals surface area contributed by atoms with Crippen molar-refractivity contribution in [3.63, 3.8) is 0 Å². The lowest BCUT2D eigenvalue weighted by Gasteiger charge is -2.11. The molecule has 51 heavy (non-hydrogen) atoms. The fraction of sp³-hybridized carbons (Fsp3) is 0. The topological polar surface area (TPSA) is 8.82 Å². The molecule has 13 rings (SSSR count). The highest BCUT2D eigenvalue weighted by Crippen LogP contribution is 2.50. The van der Waals surface area contributed by atoms with Gasteiger partial charge in [-0.3, -0.25) is 0 Å². The first-order chi connectivity index (χ1) is 25.3. The van der Waals surface area contributed by atoms with E-state index in [-0.39, 0.29) is 0 Å². The number of fused-ring (bicyclic) bond motifs is 16. The van der Waals surface area contributed by atoms with Crippen LogP contribution in [-0.4, -0.2) is 8.80 Å². The molecule has 0 spiro atoms. The van der Waals surface area contributed by atoms with Crippen molar-refractivity contribution in [2.75, 3.05) is 0 Å². The molecular weight excluding hydrogens is 637 g/mol. The fourth-order valence-corrected chi connectivity index (χ4v) is 10.7. The second kappa shape index (κ2) is 9.22. The molecule has 0 bridgehead atoms. The van der Waals surface area contributed by atoms with Crippen LogP contribution in [0.5, 0.6) is 0 Å². The van der Waals surface area contributed by atoms with Gasteiger partial charge in [0.25, 0.3) is 0 Å². The van der Waals surface area contributed by atoms with Crippen LogP contribution in [0.15, 0.2) is 158 Å². The van der Waals surface area contributed by atoms with Crippen molar-refractivity contribution in [2.24, 2.45) is 0 Å². The van der Waals surface area contributed by atoms with Gasteiger partial charge >= 0.3 is 0 Å². The summed E-state index contributed by atoms with van der Waals surface area (Å²) in [5.74, 6) is 0. The van der Waals surface area contributed by atoms with Gasteiger partial charge in [0.2, 0.25) is 0 Å². The average molecular weight is 663 g/mol. The lowest BCUT2D eigenvalue weighted by molar-refractivity contribution is 1.36. The van der Waals surface area contributed by atoms with E-state index in [2.05, 4.69) is 167 Å². The predicted octanol–water partition coefficient (Wildman–Crippen LogP) is 13.7. The van der Waals surface area contributed by atoms with Gasteiger partial charge in [-0.1, -0.05) is 115 Å². The van der Waals surface area contributed by atoms with Gasteiger partial charge in [0.15, 0.2) is 0 Å². The molecule has 0 unspecified atom stereocenters. The maximum absolute atomic E-state index is 2.57. The van der Waals surface area contributed by atoms with Crippen molar-refractivity contribution < 1.29 is 0 Å². The number of benzene rings is 8. The zero-order chi connectivity index (χ0) is 32.9. The molecule has 0 aliphatic carbocycles. The lowest BCUT2D eigenvalue weighted by atomic mass is 9.93. The molecule has 2 nitrogen and oxygen atoms in total. The van der Waals surface area contributed by atoms with Crippen molar-refractivity contribution in [1.82, 2.24) is 8.80 Å². The summed E-state index contributed by atoms with van der Waals surface area (Å²) in [5, 5.41) is 13.3. The zero-order valence-electron chi connectivity index (χ0n) is 27.3. The van der Waals surface area contributed by atoms with E-state index in [9.17, 15) is 0 Å². The molecule has 13 aromatic rings. The van der Waals surface area contributed by atoms with Crippen LogP contribution in [0.1, 0.15) is 0 Å². The first kappa shape index (κ1) is 26.4. The van der Waals surface area contributed by atoms with Gasteiger partial charge in [-0.25, -0.2) is 0 Å². The van der Waals surface area contributed by atoms with E-state index in [0.717, 1.165) is 0 Å². The van der Waals surface area contributed by atoms with Crippen LogP contribution < -0.4 is 0 Å². The third-order valence-electron chi connectivity index (χ3n) is 11.6. The van der Waals surface area contributed by atoms with Crippen LogP contribution in [0.4, 0.5) is 0 Å². The van der Waals surface area contributed by atoms with Gasteiger partial charge in [0.1, 0.15) is 0 Å². The Bertz CT molecular complexity index is 3580. The van der Waals surface area contributed by atoms with Gasteiger partial charge in [-0.15, -0.1) is 11.3 Å². The summed E-state index contributed by atoms with van der Waals surface area (Å²) in [5.41, 5.74) is 12.7. The molecule has 8 aromatic carbocycles. The van der Waals surface area contributed by atoms with E-state index in [4.69, 9.17) is 0 Å². The number of aromatic nitrogens is 2. The molecule has 0 saturated heterocycles. The number of rotatable bonds is 2. The molecule has 3 heteroatoms. The minimum atomic E-state index is 1.24. The smallest absolute Gasteiger partial charge is 0.0627 e. The lowest BCUT2D eigenvalue weighted by Crippen LogP contribution is -1.86. The Morgan fingerprint density at radius 1 is 0.314 bits per heavy atom. The summed E-state index contributed by atoms with van der Waals surface area (Å²) in [6.45, 7) is 0. The number of para-hydroxylation sites is 2. The van der Waals surface area contributed by atoms with Gasteiger partial charge in [0, 0.05) is 63.3 Å². The molecule has 0 aliphatic heterocycles. The highest BCUT2D eigenvalue weighted by atomic mass is 32.1. The number of thiophene rings is 1. The second-order valence-electron chi connectivity index (χ2n) is 14.0. The SMILES string of the molecule is c1ccc(-c2ccccc2-c2ccc3c(c2)c2c4c(cc5c6cc7c(cc6n3c52)c2cccc3c5ccccc5n7c32)sc2ccccc24)cc1. The summed E-state index contributed by atoms with van der Waals surface area (Å²) in [6.07, 6.45) is 0. The van der Waals surface area contributed by atoms with E-state index in [1.165, 1.54) is 119 Å². The summed E-state index contributed by atoms with van der Waals surface area (Å²) in [7, 11) is 0. The van der Waals surface area contributed by atoms with Crippen LogP contribution in [0, 0.1) is 0 Å². The third-order valence-corrected chi connectivity index (χ3v) is 12.7. The monoisotopic (exact) mass is 662 g/mol. The molecule has 0 atom stereocenters. The fourth-order valence-electron chi connectivity index (χ4n) is 9.51. The Hall–Kier alpha value is -6.42. The van der Waals surface area contributed by atoms with Crippen LogP contribution in [0.3, 0.4) is 0 Å². The van der Waals surface area contributed by atoms with E-state index in [1.807, 2.05) is 11.3 Å². The molecule has 0 saturated carbocycles. The molecule has 0 amide bonds. The van der Waals surface area contributed by atoms with E-state index in [1.54, 1.807) is 0 Å². The zero-order valence-corrected chi connectivity index (χ0v) is 28.1. The Labute approximate surface area is 295 Å². The van der Waals surface area contributed by atoms with Crippen LogP contribution >= 0.6 is 11.3 Å². The summed E-state index contributed by atoms with van der Waals surface area (Å²) >= 11 is 1.92. The number of hydrogen-bond acceptors (Lipinski definition) is 1. The summed E-state index contributed by atoms with van der Waals surface area (Å²) in [6, 6.07) is 58.8. The first-order valence-electron chi connectivity index (χ1n) is 17.6. The molecule has 5 aromatic heterocycles. The van der Waals surface area contributed by atoms with Crippen molar-refractivity contribution in [3.05, 3.63) is 158 Å². The summed E-state index contributed by atoms with van der Waals surface area (Å²) in [4.78, 5) is 0. The highest BCUT2D eigenvalue weighted by Gasteiger charge is 2.25. The molecule has 0 radical (unpaired) electrons. The average Bonchev–Trinajstić information content (AvgIpc) is 3.98. The first-order valence-corrected chi connectivity index (χ1v) is 18.4. The molecule has 5 heterocycles. The molecule has 0 N–H and O–H groups in total. The Kier molecular flexibility index (Phi) is 4.78. The van der Waals surface area contributed by atoms with Crippen molar-refractivity contribution in [2.45, 2.75) is 0 Å². The Balaban J connectivity index is 1.22. The molecule has 0 fully saturated rings. The van der Waals surface area contributed by atoms with Crippen LogP contribution in [-0.2, 0) is 0 Å². The standard InChI is InChI=1S/C48H26N2S/c1-2-11-27(12-3-1)29-13-4-5-14-30(29)28-21-22-40-38(23-28)46-45-34-16-7-9-20-43(34)51-44(45)26-37-36-25-41-35(24-42(36)50(40)48(37)46)33-18-10-17-32-31-15-6-8-19-39(31)49(41)47(32)33/h1-26H. The molecule has 234 valence electrons. The maximum Gasteiger partial charge on any atom is 0.0627 e. The van der Waals surface area contributed by atoms with Gasteiger partial charge in [-0.2, -0.15) is 0 Å². The van der Waals surface area contributed by atoms with Crippen molar-refractivity contribution in [3.8, 4) is 22.3 Å². The van der Waals surface area contributed by atoms with Gasteiger partial charge < -0.3 is 8.80 Å². The van der Waals surface area contributed by atoms with Crippen LogP contribution in [0.25, 0.3) is 119 Å². The van der Waals surface area contributed by atoms with Crippen molar-refractivity contribution in [1.29, 1.82) is 0 Å². The summed E-state index contributed by atoms with van der Waals surface area (Å²) < 4.78 is 7.76. The highest BCUT2D eigenvalue weighted by molar-refractivity contribution is 7.26. The van der Waals surface area contributed by atoms with E-state index in [0.29, 0.717) is 0 Å². The number of nitrogens with zero attached hydrogens (tertiary/aromatic N) is 2. The third kappa shape index (κ3) is 3.19. The quantitative estimate of drug-likeness (QED) is 0.174. The van der Waals surface area contributed by atoms with E-state index >= 15 is 0 Å². The Morgan fingerprint density at radius 2 is 0.941 bits per heavy atom. The second-order valence-corrected chi connectivity index (χ2v) is 15.1. The van der Waals surface area contributed by atoms with Crippen molar-refractivity contribution >= 4 is 108 Å². The van der Waals surface area contributed by atoms with Crippen LogP contribution in [0.2, 0.25) is 0 Å².